The highest BCUT2D eigenvalue weighted by atomic mass is 35.5. The van der Waals surface area contributed by atoms with Gasteiger partial charge in [0.05, 0.1) is 6.20 Å². The Bertz CT molecular complexity index is 844. The molecule has 7 heteroatoms. The smallest absolute Gasteiger partial charge is 0.143 e. The fourth-order valence-electron chi connectivity index (χ4n) is 2.17. The summed E-state index contributed by atoms with van der Waals surface area (Å²) in [7, 11) is 0. The Labute approximate surface area is 149 Å². The molecule has 0 aliphatic heterocycles. The summed E-state index contributed by atoms with van der Waals surface area (Å²) in [6.45, 7) is 2.06. The summed E-state index contributed by atoms with van der Waals surface area (Å²) in [5.41, 5.74) is 2.22. The monoisotopic (exact) mass is 357 g/mol. The van der Waals surface area contributed by atoms with E-state index in [2.05, 4.69) is 27.2 Å². The molecule has 0 bridgehead atoms. The molecule has 0 aromatic carbocycles. The van der Waals surface area contributed by atoms with Gasteiger partial charge in [-0.1, -0.05) is 31.0 Å². The SMILES string of the molecule is CCCC(=N)c1ccc(Nc2cccc(-c3ncc(Cl)s3)n2)nc1. The first-order valence-electron chi connectivity index (χ1n) is 7.55. The van der Waals surface area contributed by atoms with Crippen molar-refractivity contribution in [2.24, 2.45) is 0 Å². The Morgan fingerprint density at radius 2 is 2.04 bits per heavy atom. The van der Waals surface area contributed by atoms with Gasteiger partial charge in [-0.15, -0.1) is 11.3 Å². The lowest BCUT2D eigenvalue weighted by Crippen LogP contribution is -2.01. The first kappa shape index (κ1) is 16.5. The van der Waals surface area contributed by atoms with E-state index >= 15 is 0 Å². The van der Waals surface area contributed by atoms with Crippen LogP contribution in [0.4, 0.5) is 11.6 Å². The Hall–Kier alpha value is -2.31. The fourth-order valence-corrected chi connectivity index (χ4v) is 3.05. The van der Waals surface area contributed by atoms with Gasteiger partial charge in [-0.25, -0.2) is 15.0 Å². The molecule has 0 amide bonds. The van der Waals surface area contributed by atoms with E-state index in [0.717, 1.165) is 29.1 Å². The summed E-state index contributed by atoms with van der Waals surface area (Å²) in [4.78, 5) is 13.1. The maximum Gasteiger partial charge on any atom is 0.143 e. The van der Waals surface area contributed by atoms with Crippen LogP contribution in [0, 0.1) is 5.41 Å². The van der Waals surface area contributed by atoms with Gasteiger partial charge >= 0.3 is 0 Å². The highest BCUT2D eigenvalue weighted by molar-refractivity contribution is 7.18. The van der Waals surface area contributed by atoms with Crippen LogP contribution in [0.15, 0.2) is 42.7 Å². The minimum absolute atomic E-state index is 0.609. The van der Waals surface area contributed by atoms with E-state index in [0.29, 0.717) is 21.7 Å². The zero-order valence-corrected chi connectivity index (χ0v) is 14.7. The highest BCUT2D eigenvalue weighted by Crippen LogP contribution is 2.27. The van der Waals surface area contributed by atoms with E-state index < -0.39 is 0 Å². The lowest BCUT2D eigenvalue weighted by atomic mass is 10.1. The maximum atomic E-state index is 7.96. The van der Waals surface area contributed by atoms with Crippen LogP contribution in [-0.2, 0) is 0 Å². The van der Waals surface area contributed by atoms with E-state index in [1.54, 1.807) is 12.4 Å². The number of rotatable bonds is 6. The van der Waals surface area contributed by atoms with Crippen molar-refractivity contribution in [1.29, 1.82) is 5.41 Å². The molecule has 3 rings (SSSR count). The Morgan fingerprint density at radius 3 is 2.71 bits per heavy atom. The van der Waals surface area contributed by atoms with Gasteiger partial charge in [-0.05, 0) is 30.7 Å². The van der Waals surface area contributed by atoms with Gasteiger partial charge in [0.1, 0.15) is 26.7 Å². The number of aromatic nitrogens is 3. The van der Waals surface area contributed by atoms with Crippen molar-refractivity contribution >= 4 is 40.3 Å². The number of nitrogens with zero attached hydrogens (tertiary/aromatic N) is 3. The maximum absolute atomic E-state index is 7.96. The van der Waals surface area contributed by atoms with Gasteiger partial charge in [-0.3, -0.25) is 0 Å². The summed E-state index contributed by atoms with van der Waals surface area (Å²) >= 11 is 7.32. The predicted octanol–water partition coefficient (Wildman–Crippen LogP) is 5.17. The normalized spacial score (nSPS) is 10.6. The van der Waals surface area contributed by atoms with Gasteiger partial charge < -0.3 is 10.7 Å². The van der Waals surface area contributed by atoms with Gasteiger partial charge in [0, 0.05) is 17.5 Å². The second kappa shape index (κ2) is 7.51. The van der Waals surface area contributed by atoms with Crippen molar-refractivity contribution in [3.63, 3.8) is 0 Å². The van der Waals surface area contributed by atoms with Crippen LogP contribution >= 0.6 is 22.9 Å². The van der Waals surface area contributed by atoms with E-state index in [1.165, 1.54) is 11.3 Å². The summed E-state index contributed by atoms with van der Waals surface area (Å²) in [5, 5.41) is 11.9. The van der Waals surface area contributed by atoms with Crippen LogP contribution in [-0.4, -0.2) is 20.7 Å². The minimum Gasteiger partial charge on any atom is -0.325 e. The van der Waals surface area contributed by atoms with Gasteiger partial charge in [0.2, 0.25) is 0 Å². The molecule has 3 heterocycles. The van der Waals surface area contributed by atoms with E-state index in [1.807, 2.05) is 30.3 Å². The topological polar surface area (TPSA) is 74.6 Å². The molecule has 122 valence electrons. The molecule has 5 nitrogen and oxygen atoms in total. The van der Waals surface area contributed by atoms with Crippen LogP contribution in [0.2, 0.25) is 4.34 Å². The van der Waals surface area contributed by atoms with Crippen molar-refractivity contribution < 1.29 is 0 Å². The zero-order valence-electron chi connectivity index (χ0n) is 13.1. The lowest BCUT2D eigenvalue weighted by molar-refractivity contribution is 0.985. The molecule has 0 spiro atoms. The molecule has 24 heavy (non-hydrogen) atoms. The van der Waals surface area contributed by atoms with Crippen LogP contribution in [0.5, 0.6) is 0 Å². The van der Waals surface area contributed by atoms with Gasteiger partial charge in [-0.2, -0.15) is 0 Å². The van der Waals surface area contributed by atoms with Crippen molar-refractivity contribution in [3.8, 4) is 10.7 Å². The summed E-state index contributed by atoms with van der Waals surface area (Å²) in [6, 6.07) is 9.42. The van der Waals surface area contributed by atoms with Crippen molar-refractivity contribution in [3.05, 3.63) is 52.6 Å². The molecular weight excluding hydrogens is 342 g/mol. The van der Waals surface area contributed by atoms with E-state index in [-0.39, 0.29) is 0 Å². The van der Waals surface area contributed by atoms with Gasteiger partial charge in [0.15, 0.2) is 0 Å². The highest BCUT2D eigenvalue weighted by Gasteiger charge is 2.07. The molecule has 2 N–H and O–H groups in total. The molecule has 0 aliphatic carbocycles. The molecule has 0 saturated carbocycles. The predicted molar refractivity (Wildman–Crippen MR) is 99.6 cm³/mol. The standard InChI is InChI=1S/C17H16ClN5S/c1-2-4-12(19)11-7-8-15(20-9-11)23-16-6-3-5-13(22-16)17-21-10-14(18)24-17/h3,5-10,19H,2,4H2,1H3,(H,20,22,23). The van der Waals surface area contributed by atoms with E-state index in [9.17, 15) is 0 Å². The molecule has 3 aromatic heterocycles. The van der Waals surface area contributed by atoms with E-state index in [4.69, 9.17) is 17.0 Å². The number of thiazole rings is 1. The third-order valence-corrected chi connectivity index (χ3v) is 4.45. The van der Waals surface area contributed by atoms with Crippen LogP contribution in [0.3, 0.4) is 0 Å². The summed E-state index contributed by atoms with van der Waals surface area (Å²) < 4.78 is 0.636. The number of pyridine rings is 2. The number of anilines is 2. The van der Waals surface area contributed by atoms with Crippen molar-refractivity contribution in [2.75, 3.05) is 5.32 Å². The Balaban J connectivity index is 1.75. The molecule has 0 radical (unpaired) electrons. The fraction of sp³-hybridized carbons (Fsp3) is 0.176. The second-order valence-corrected chi connectivity index (χ2v) is 6.83. The van der Waals surface area contributed by atoms with Crippen LogP contribution in [0.1, 0.15) is 25.3 Å². The number of nitrogens with one attached hydrogen (secondary N) is 2. The molecule has 0 fully saturated rings. The second-order valence-electron chi connectivity index (χ2n) is 5.16. The first-order chi connectivity index (χ1) is 11.7. The quantitative estimate of drug-likeness (QED) is 0.597. The minimum atomic E-state index is 0.609. The third-order valence-electron chi connectivity index (χ3n) is 3.31. The summed E-state index contributed by atoms with van der Waals surface area (Å²) in [6.07, 6.45) is 5.05. The van der Waals surface area contributed by atoms with Crippen LogP contribution in [0.25, 0.3) is 10.7 Å². The number of hydrogen-bond donors (Lipinski definition) is 2. The average molecular weight is 358 g/mol. The first-order valence-corrected chi connectivity index (χ1v) is 8.75. The zero-order chi connectivity index (χ0) is 16.9. The van der Waals surface area contributed by atoms with Crippen molar-refractivity contribution in [2.45, 2.75) is 19.8 Å². The largest absolute Gasteiger partial charge is 0.325 e. The summed E-state index contributed by atoms with van der Waals surface area (Å²) in [5.74, 6) is 1.37. The number of hydrogen-bond acceptors (Lipinski definition) is 6. The molecule has 3 aromatic rings. The molecular formula is C17H16ClN5S. The molecule has 0 unspecified atom stereocenters. The molecule has 0 atom stereocenters. The average Bonchev–Trinajstić information content (AvgIpc) is 3.03. The molecule has 0 saturated heterocycles. The van der Waals surface area contributed by atoms with Crippen molar-refractivity contribution in [1.82, 2.24) is 15.0 Å². The third kappa shape index (κ3) is 3.96. The Morgan fingerprint density at radius 1 is 1.17 bits per heavy atom. The Kier molecular flexibility index (Phi) is 5.17. The number of halogens is 1. The molecule has 0 aliphatic rings. The van der Waals surface area contributed by atoms with Crippen LogP contribution < -0.4 is 5.32 Å². The van der Waals surface area contributed by atoms with Gasteiger partial charge in [0.25, 0.3) is 0 Å². The lowest BCUT2D eigenvalue weighted by Gasteiger charge is -2.07.